The number of carbonyl (C=O) groups excluding carboxylic acids is 1. The molecular weight excluding hydrogens is 290 g/mol. The third-order valence-electron chi connectivity index (χ3n) is 3.73. The van der Waals surface area contributed by atoms with Crippen molar-refractivity contribution in [2.75, 3.05) is 25.0 Å². The first-order chi connectivity index (χ1) is 9.99. The molecule has 1 aliphatic rings. The monoisotopic (exact) mass is 311 g/mol. The zero-order valence-corrected chi connectivity index (χ0v) is 13.5. The van der Waals surface area contributed by atoms with Gasteiger partial charge in [-0.2, -0.15) is 0 Å². The van der Waals surface area contributed by atoms with Gasteiger partial charge in [0, 0.05) is 25.9 Å². The van der Waals surface area contributed by atoms with Crippen molar-refractivity contribution in [2.45, 2.75) is 33.3 Å². The van der Waals surface area contributed by atoms with Crippen molar-refractivity contribution < 1.29 is 9.53 Å². The van der Waals surface area contributed by atoms with E-state index in [1.807, 2.05) is 6.92 Å². The van der Waals surface area contributed by atoms with Crippen LogP contribution in [0, 0.1) is 12.8 Å². The van der Waals surface area contributed by atoms with Crippen LogP contribution >= 0.6 is 11.6 Å². The normalized spacial score (nSPS) is 19.5. The van der Waals surface area contributed by atoms with Crippen LogP contribution in [0.1, 0.15) is 25.8 Å². The Kier molecular flexibility index (Phi) is 5.42. The zero-order chi connectivity index (χ0) is 15.4. The molecule has 0 radical (unpaired) electrons. The Labute approximate surface area is 130 Å². The fourth-order valence-corrected chi connectivity index (χ4v) is 2.42. The summed E-state index contributed by atoms with van der Waals surface area (Å²) in [6, 6.07) is -0.127. The van der Waals surface area contributed by atoms with Gasteiger partial charge in [-0.15, -0.1) is 0 Å². The number of anilines is 1. The molecule has 1 saturated heterocycles. The number of rotatable bonds is 2. The summed E-state index contributed by atoms with van der Waals surface area (Å²) in [6.07, 6.45) is 4.12. The van der Waals surface area contributed by atoms with Crippen LogP contribution in [0.3, 0.4) is 0 Å². The van der Waals surface area contributed by atoms with E-state index in [4.69, 9.17) is 16.3 Å². The predicted molar refractivity (Wildman–Crippen MR) is 83.8 cm³/mol. The second-order valence-electron chi connectivity index (χ2n) is 5.68. The maximum absolute atomic E-state index is 12.4. The lowest BCUT2D eigenvalue weighted by molar-refractivity contribution is 0.0273. The van der Waals surface area contributed by atoms with Gasteiger partial charge in [-0.25, -0.2) is 4.79 Å². The molecule has 21 heavy (non-hydrogen) atoms. The van der Waals surface area contributed by atoms with E-state index in [2.05, 4.69) is 24.1 Å². The Morgan fingerprint density at radius 1 is 1.52 bits per heavy atom. The lowest BCUT2D eigenvalue weighted by Gasteiger charge is -2.26. The van der Waals surface area contributed by atoms with Crippen LogP contribution in [0.25, 0.3) is 0 Å². The molecule has 1 unspecified atom stereocenters. The van der Waals surface area contributed by atoms with E-state index in [9.17, 15) is 4.79 Å². The first-order valence-electron chi connectivity index (χ1n) is 7.26. The molecule has 2 rings (SSSR count). The molecule has 2 heterocycles. The summed E-state index contributed by atoms with van der Waals surface area (Å²) in [5, 5.41) is 3.44. The third kappa shape index (κ3) is 4.08. The highest BCUT2D eigenvalue weighted by Crippen LogP contribution is 2.22. The highest BCUT2D eigenvalue weighted by molar-refractivity contribution is 6.31. The molecular formula is C15H22ClN3O2. The van der Waals surface area contributed by atoms with Crippen LogP contribution in [0.15, 0.2) is 12.4 Å². The highest BCUT2D eigenvalue weighted by Gasteiger charge is 2.25. The van der Waals surface area contributed by atoms with Crippen molar-refractivity contribution in [3.05, 3.63) is 23.0 Å². The summed E-state index contributed by atoms with van der Waals surface area (Å²) in [5.74, 6) is 0.382. The standard InChI is InChI=1S/C15H22ClN3O2/c1-10(2)14-9-19(5-4-6-21-14)15(20)18-13-8-17-7-12(16)11(13)3/h7-8,10,14H,4-6,9H2,1-3H3,(H,18,20). The molecule has 1 aromatic rings. The number of pyridine rings is 1. The number of nitrogens with one attached hydrogen (secondary N) is 1. The van der Waals surface area contributed by atoms with E-state index in [-0.39, 0.29) is 12.1 Å². The SMILES string of the molecule is Cc1c(Cl)cncc1NC(=O)N1CCCOC(C(C)C)C1. The molecule has 1 N–H and O–H groups in total. The molecule has 1 aliphatic heterocycles. The van der Waals surface area contributed by atoms with Gasteiger partial charge < -0.3 is 15.0 Å². The summed E-state index contributed by atoms with van der Waals surface area (Å²) < 4.78 is 5.78. The molecule has 6 heteroatoms. The Morgan fingerprint density at radius 2 is 2.29 bits per heavy atom. The summed E-state index contributed by atoms with van der Waals surface area (Å²) in [7, 11) is 0. The fraction of sp³-hybridized carbons (Fsp3) is 0.600. The van der Waals surface area contributed by atoms with Crippen LogP contribution in [0.4, 0.5) is 10.5 Å². The smallest absolute Gasteiger partial charge is 0.321 e. The Balaban J connectivity index is 2.06. The molecule has 0 spiro atoms. The molecule has 1 aromatic heterocycles. The molecule has 0 saturated carbocycles. The summed E-state index contributed by atoms with van der Waals surface area (Å²) in [6.45, 7) is 8.08. The van der Waals surface area contributed by atoms with Crippen molar-refractivity contribution in [1.82, 2.24) is 9.88 Å². The third-order valence-corrected chi connectivity index (χ3v) is 4.11. The quantitative estimate of drug-likeness (QED) is 0.911. The number of hydrogen-bond donors (Lipinski definition) is 1. The Morgan fingerprint density at radius 3 is 3.00 bits per heavy atom. The molecule has 2 amide bonds. The van der Waals surface area contributed by atoms with Gasteiger partial charge >= 0.3 is 6.03 Å². The van der Waals surface area contributed by atoms with Gasteiger partial charge in [0.1, 0.15) is 0 Å². The summed E-state index contributed by atoms with van der Waals surface area (Å²) >= 11 is 6.03. The topological polar surface area (TPSA) is 54.5 Å². The molecule has 0 aliphatic carbocycles. The number of urea groups is 1. The van der Waals surface area contributed by atoms with Crippen LogP contribution in [-0.2, 0) is 4.74 Å². The van der Waals surface area contributed by atoms with Gasteiger partial charge in [0.05, 0.1) is 23.0 Å². The minimum absolute atomic E-state index is 0.0804. The average Bonchev–Trinajstić information content (AvgIpc) is 2.70. The second kappa shape index (κ2) is 7.09. The highest BCUT2D eigenvalue weighted by atomic mass is 35.5. The zero-order valence-electron chi connectivity index (χ0n) is 12.7. The van der Waals surface area contributed by atoms with Gasteiger partial charge in [-0.05, 0) is 24.8 Å². The van der Waals surface area contributed by atoms with E-state index in [1.54, 1.807) is 17.3 Å². The maximum Gasteiger partial charge on any atom is 0.321 e. The molecule has 0 bridgehead atoms. The van der Waals surface area contributed by atoms with Gasteiger partial charge in [-0.3, -0.25) is 4.98 Å². The number of nitrogens with zero attached hydrogens (tertiary/aromatic N) is 2. The summed E-state index contributed by atoms with van der Waals surface area (Å²) in [4.78, 5) is 18.3. The molecule has 0 aromatic carbocycles. The predicted octanol–water partition coefficient (Wildman–Crippen LogP) is 3.32. The van der Waals surface area contributed by atoms with E-state index in [0.29, 0.717) is 36.3 Å². The van der Waals surface area contributed by atoms with Crippen LogP contribution in [0.2, 0.25) is 5.02 Å². The number of ether oxygens (including phenoxy) is 1. The first kappa shape index (κ1) is 16.0. The van der Waals surface area contributed by atoms with Gasteiger partial charge in [-0.1, -0.05) is 25.4 Å². The van der Waals surface area contributed by atoms with E-state index < -0.39 is 0 Å². The Hall–Kier alpha value is -1.33. The molecule has 1 atom stereocenters. The maximum atomic E-state index is 12.4. The van der Waals surface area contributed by atoms with E-state index in [0.717, 1.165) is 12.0 Å². The Bertz CT molecular complexity index is 508. The van der Waals surface area contributed by atoms with Gasteiger partial charge in [0.25, 0.3) is 0 Å². The lowest BCUT2D eigenvalue weighted by atomic mass is 10.1. The largest absolute Gasteiger partial charge is 0.376 e. The van der Waals surface area contributed by atoms with Gasteiger partial charge in [0.2, 0.25) is 0 Å². The number of amides is 2. The van der Waals surface area contributed by atoms with Crippen molar-refractivity contribution in [3.8, 4) is 0 Å². The number of aromatic nitrogens is 1. The van der Waals surface area contributed by atoms with Crippen molar-refractivity contribution >= 4 is 23.3 Å². The van der Waals surface area contributed by atoms with E-state index >= 15 is 0 Å². The summed E-state index contributed by atoms with van der Waals surface area (Å²) in [5.41, 5.74) is 1.48. The van der Waals surface area contributed by atoms with Crippen molar-refractivity contribution in [2.24, 2.45) is 5.92 Å². The lowest BCUT2D eigenvalue weighted by Crippen LogP contribution is -2.41. The van der Waals surface area contributed by atoms with Crippen LogP contribution in [-0.4, -0.2) is 41.7 Å². The number of carbonyl (C=O) groups is 1. The molecule has 5 nitrogen and oxygen atoms in total. The van der Waals surface area contributed by atoms with E-state index in [1.165, 1.54) is 0 Å². The van der Waals surface area contributed by atoms with Crippen molar-refractivity contribution in [3.63, 3.8) is 0 Å². The first-order valence-corrected chi connectivity index (χ1v) is 7.64. The minimum Gasteiger partial charge on any atom is -0.376 e. The molecule has 1 fully saturated rings. The van der Waals surface area contributed by atoms with Crippen molar-refractivity contribution in [1.29, 1.82) is 0 Å². The number of hydrogen-bond acceptors (Lipinski definition) is 3. The van der Waals surface area contributed by atoms with Crippen LogP contribution < -0.4 is 5.32 Å². The number of halogens is 1. The minimum atomic E-state index is -0.127. The van der Waals surface area contributed by atoms with Gasteiger partial charge in [0.15, 0.2) is 0 Å². The fourth-order valence-electron chi connectivity index (χ4n) is 2.26. The van der Waals surface area contributed by atoms with Crippen LogP contribution in [0.5, 0.6) is 0 Å². The molecule has 116 valence electrons. The average molecular weight is 312 g/mol. The second-order valence-corrected chi connectivity index (χ2v) is 6.08.